The summed E-state index contributed by atoms with van der Waals surface area (Å²) in [6, 6.07) is 12.0. The highest BCUT2D eigenvalue weighted by atomic mass is 32.2. The lowest BCUT2D eigenvalue weighted by atomic mass is 10.2. The van der Waals surface area contributed by atoms with E-state index < -0.39 is 0 Å². The van der Waals surface area contributed by atoms with Gasteiger partial charge in [0, 0.05) is 24.4 Å². The zero-order valence-corrected chi connectivity index (χ0v) is 12.1. The van der Waals surface area contributed by atoms with E-state index in [9.17, 15) is 0 Å². The number of nitrogens with zero attached hydrogens (tertiary/aromatic N) is 4. The lowest BCUT2D eigenvalue weighted by molar-refractivity contribution is 0.393. The molecule has 1 aromatic carbocycles. The maximum atomic E-state index is 5.05. The molecule has 0 aliphatic rings. The van der Waals surface area contributed by atoms with Crippen LogP contribution in [0.2, 0.25) is 0 Å². The Bertz CT molecular complexity index is 705. The van der Waals surface area contributed by atoms with Crippen molar-refractivity contribution < 1.29 is 4.52 Å². The van der Waals surface area contributed by atoms with E-state index >= 15 is 0 Å². The fourth-order valence-electron chi connectivity index (χ4n) is 1.90. The molecule has 5 nitrogen and oxygen atoms in total. The van der Waals surface area contributed by atoms with Crippen LogP contribution in [0.15, 0.2) is 46.1 Å². The molecule has 0 aliphatic heterocycles. The Balaban J connectivity index is 1.77. The summed E-state index contributed by atoms with van der Waals surface area (Å²) in [5.41, 5.74) is 1.98. The molecule has 0 atom stereocenters. The molecule has 0 N–H and O–H groups in total. The van der Waals surface area contributed by atoms with E-state index in [4.69, 9.17) is 4.52 Å². The highest BCUT2D eigenvalue weighted by Gasteiger charge is 2.11. The van der Waals surface area contributed by atoms with Crippen molar-refractivity contribution in [1.29, 1.82) is 0 Å². The Labute approximate surface area is 121 Å². The first-order chi connectivity index (χ1) is 9.74. The van der Waals surface area contributed by atoms with Crippen molar-refractivity contribution in [2.45, 2.75) is 17.8 Å². The van der Waals surface area contributed by atoms with Gasteiger partial charge in [-0.1, -0.05) is 47.3 Å². The summed E-state index contributed by atoms with van der Waals surface area (Å²) in [6.45, 7) is 1.89. The number of aryl methyl sites for hydroxylation is 1. The molecule has 0 unspecified atom stereocenters. The molecule has 102 valence electrons. The largest absolute Gasteiger partial charge is 0.361 e. The van der Waals surface area contributed by atoms with Crippen LogP contribution >= 0.6 is 11.8 Å². The minimum absolute atomic E-state index is 0.720. The SMILES string of the molecule is Cc1cc(CSc2nnc(-c3ccccc3)n2C)no1. The van der Waals surface area contributed by atoms with Crippen LogP contribution in [0, 0.1) is 6.92 Å². The summed E-state index contributed by atoms with van der Waals surface area (Å²) < 4.78 is 7.04. The van der Waals surface area contributed by atoms with Crippen LogP contribution in [-0.2, 0) is 12.8 Å². The van der Waals surface area contributed by atoms with Crippen molar-refractivity contribution in [2.75, 3.05) is 0 Å². The molecule has 6 heteroatoms. The van der Waals surface area contributed by atoms with Gasteiger partial charge in [0.2, 0.25) is 0 Å². The fourth-order valence-corrected chi connectivity index (χ4v) is 2.70. The van der Waals surface area contributed by atoms with Gasteiger partial charge in [-0.25, -0.2) is 0 Å². The van der Waals surface area contributed by atoms with Gasteiger partial charge in [-0.2, -0.15) is 0 Å². The Morgan fingerprint density at radius 3 is 2.70 bits per heavy atom. The topological polar surface area (TPSA) is 56.7 Å². The zero-order chi connectivity index (χ0) is 13.9. The molecule has 0 bridgehead atoms. The Hall–Kier alpha value is -2.08. The minimum Gasteiger partial charge on any atom is -0.361 e. The molecule has 0 radical (unpaired) electrons. The van der Waals surface area contributed by atoms with Gasteiger partial charge in [-0.15, -0.1) is 10.2 Å². The standard InChI is InChI=1S/C14H14N4OS/c1-10-8-12(17-19-10)9-20-14-16-15-13(18(14)2)11-6-4-3-5-7-11/h3-8H,9H2,1-2H3. The molecule has 0 saturated heterocycles. The van der Waals surface area contributed by atoms with Gasteiger partial charge in [0.05, 0.1) is 5.69 Å². The summed E-state index contributed by atoms with van der Waals surface area (Å²) in [5.74, 6) is 2.41. The molecule has 3 aromatic rings. The van der Waals surface area contributed by atoms with Crippen LogP contribution in [0.3, 0.4) is 0 Å². The van der Waals surface area contributed by atoms with Gasteiger partial charge in [0.25, 0.3) is 0 Å². The molecule has 0 spiro atoms. The van der Waals surface area contributed by atoms with Crippen LogP contribution in [0.4, 0.5) is 0 Å². The number of thioether (sulfide) groups is 1. The molecule has 0 saturated carbocycles. The van der Waals surface area contributed by atoms with Gasteiger partial charge in [-0.05, 0) is 6.92 Å². The lowest BCUT2D eigenvalue weighted by Crippen LogP contribution is -1.94. The average molecular weight is 286 g/mol. The van der Waals surface area contributed by atoms with E-state index in [1.807, 2.05) is 54.9 Å². The number of hydrogen-bond donors (Lipinski definition) is 0. The third-order valence-electron chi connectivity index (χ3n) is 2.89. The van der Waals surface area contributed by atoms with Crippen LogP contribution in [0.1, 0.15) is 11.5 Å². The van der Waals surface area contributed by atoms with Crippen LogP contribution < -0.4 is 0 Å². The van der Waals surface area contributed by atoms with Gasteiger partial charge in [0.15, 0.2) is 11.0 Å². The zero-order valence-electron chi connectivity index (χ0n) is 11.3. The molecule has 2 aromatic heterocycles. The second-order valence-electron chi connectivity index (χ2n) is 4.45. The van der Waals surface area contributed by atoms with Gasteiger partial charge >= 0.3 is 0 Å². The summed E-state index contributed by atoms with van der Waals surface area (Å²) in [5, 5.41) is 13.3. The maximum Gasteiger partial charge on any atom is 0.191 e. The van der Waals surface area contributed by atoms with E-state index in [2.05, 4.69) is 15.4 Å². The smallest absolute Gasteiger partial charge is 0.191 e. The summed E-state index contributed by atoms with van der Waals surface area (Å²) >= 11 is 1.60. The maximum absolute atomic E-state index is 5.05. The van der Waals surface area contributed by atoms with E-state index in [1.54, 1.807) is 11.8 Å². The number of aromatic nitrogens is 4. The quantitative estimate of drug-likeness (QED) is 0.690. The Morgan fingerprint density at radius 2 is 2.00 bits per heavy atom. The Morgan fingerprint density at radius 1 is 1.20 bits per heavy atom. The van der Waals surface area contributed by atoms with Crippen molar-refractivity contribution in [3.05, 3.63) is 47.9 Å². The van der Waals surface area contributed by atoms with E-state index in [-0.39, 0.29) is 0 Å². The normalized spacial score (nSPS) is 10.9. The number of rotatable bonds is 4. The van der Waals surface area contributed by atoms with E-state index in [0.29, 0.717) is 0 Å². The molecule has 0 aliphatic carbocycles. The van der Waals surface area contributed by atoms with Crippen molar-refractivity contribution in [3.63, 3.8) is 0 Å². The fraction of sp³-hybridized carbons (Fsp3) is 0.214. The lowest BCUT2D eigenvalue weighted by Gasteiger charge is -2.02. The number of hydrogen-bond acceptors (Lipinski definition) is 5. The summed E-state index contributed by atoms with van der Waals surface area (Å²) in [4.78, 5) is 0. The predicted octanol–water partition coefficient (Wildman–Crippen LogP) is 3.07. The first-order valence-electron chi connectivity index (χ1n) is 6.24. The number of benzene rings is 1. The van der Waals surface area contributed by atoms with Gasteiger partial charge in [0.1, 0.15) is 5.76 Å². The van der Waals surface area contributed by atoms with Gasteiger partial charge < -0.3 is 9.09 Å². The van der Waals surface area contributed by atoms with Crippen LogP contribution in [0.25, 0.3) is 11.4 Å². The highest BCUT2D eigenvalue weighted by molar-refractivity contribution is 7.98. The summed E-state index contributed by atoms with van der Waals surface area (Å²) in [6.07, 6.45) is 0. The first kappa shape index (κ1) is 12.9. The molecule has 0 fully saturated rings. The second kappa shape index (κ2) is 5.50. The molecule has 0 amide bonds. The molecule has 3 rings (SSSR count). The van der Waals surface area contributed by atoms with E-state index in [1.165, 1.54) is 0 Å². The first-order valence-corrected chi connectivity index (χ1v) is 7.22. The average Bonchev–Trinajstić information content (AvgIpc) is 3.04. The highest BCUT2D eigenvalue weighted by Crippen LogP contribution is 2.24. The van der Waals surface area contributed by atoms with E-state index in [0.717, 1.165) is 33.8 Å². The second-order valence-corrected chi connectivity index (χ2v) is 5.39. The summed E-state index contributed by atoms with van der Waals surface area (Å²) in [7, 11) is 1.97. The molecular weight excluding hydrogens is 272 g/mol. The Kier molecular flexibility index (Phi) is 3.56. The van der Waals surface area contributed by atoms with Gasteiger partial charge in [-0.3, -0.25) is 0 Å². The van der Waals surface area contributed by atoms with Crippen molar-refractivity contribution in [1.82, 2.24) is 19.9 Å². The minimum atomic E-state index is 0.720. The predicted molar refractivity (Wildman–Crippen MR) is 77.2 cm³/mol. The van der Waals surface area contributed by atoms with Crippen LogP contribution in [-0.4, -0.2) is 19.9 Å². The van der Waals surface area contributed by atoms with Crippen LogP contribution in [0.5, 0.6) is 0 Å². The third kappa shape index (κ3) is 2.60. The third-order valence-corrected chi connectivity index (χ3v) is 3.95. The van der Waals surface area contributed by atoms with Crippen molar-refractivity contribution >= 4 is 11.8 Å². The molecule has 2 heterocycles. The molecule has 20 heavy (non-hydrogen) atoms. The van der Waals surface area contributed by atoms with Crippen molar-refractivity contribution in [3.8, 4) is 11.4 Å². The molecular formula is C14H14N4OS. The monoisotopic (exact) mass is 286 g/mol. The van der Waals surface area contributed by atoms with Crippen molar-refractivity contribution in [2.24, 2.45) is 7.05 Å².